The van der Waals surface area contributed by atoms with Gasteiger partial charge in [-0.15, -0.1) is 13.2 Å². The van der Waals surface area contributed by atoms with Crippen molar-refractivity contribution in [2.45, 2.75) is 32.8 Å². The van der Waals surface area contributed by atoms with E-state index >= 15 is 0 Å². The Morgan fingerprint density at radius 2 is 1.64 bits per heavy atom. The number of anilines is 1. The molecule has 2 aromatic rings. The van der Waals surface area contributed by atoms with Gasteiger partial charge < -0.3 is 20.3 Å². The number of alkyl halides is 3. The highest BCUT2D eigenvalue weighted by Crippen LogP contribution is 2.23. The normalized spacial score (nSPS) is 14.8. The quantitative estimate of drug-likeness (QED) is 0.676. The van der Waals surface area contributed by atoms with Crippen LogP contribution in [-0.2, 0) is 6.54 Å². The first-order valence-electron chi connectivity index (χ1n) is 10.6. The zero-order valence-corrected chi connectivity index (χ0v) is 18.5. The molecule has 0 aliphatic carbocycles. The van der Waals surface area contributed by atoms with E-state index < -0.39 is 6.36 Å². The Bertz CT molecular complexity index is 956. The van der Waals surface area contributed by atoms with E-state index in [9.17, 15) is 22.8 Å². The predicted octanol–water partition coefficient (Wildman–Crippen LogP) is 4.07. The summed E-state index contributed by atoms with van der Waals surface area (Å²) in [7, 11) is 0. The number of carbonyl (C=O) groups excluding carboxylic acids is 2. The van der Waals surface area contributed by atoms with E-state index in [2.05, 4.69) is 20.3 Å². The van der Waals surface area contributed by atoms with Crippen LogP contribution in [-0.4, -0.2) is 60.3 Å². The van der Waals surface area contributed by atoms with Crippen molar-refractivity contribution in [3.63, 3.8) is 0 Å². The molecule has 1 fully saturated rings. The summed E-state index contributed by atoms with van der Waals surface area (Å²) >= 11 is 0. The van der Waals surface area contributed by atoms with E-state index in [1.807, 2.05) is 13.8 Å². The van der Waals surface area contributed by atoms with Crippen LogP contribution in [0.5, 0.6) is 5.75 Å². The monoisotopic (exact) mass is 464 g/mol. The van der Waals surface area contributed by atoms with E-state index in [4.69, 9.17) is 0 Å². The molecule has 1 saturated heterocycles. The Morgan fingerprint density at radius 3 is 2.24 bits per heavy atom. The molecule has 1 aliphatic heterocycles. The second-order valence-corrected chi connectivity index (χ2v) is 8.06. The zero-order valence-electron chi connectivity index (χ0n) is 18.5. The summed E-state index contributed by atoms with van der Waals surface area (Å²) in [4.78, 5) is 29.0. The number of nitrogens with zero attached hydrogens (tertiary/aromatic N) is 2. The van der Waals surface area contributed by atoms with Crippen LogP contribution in [0, 0.1) is 0 Å². The highest BCUT2D eigenvalue weighted by Gasteiger charge is 2.31. The average molecular weight is 464 g/mol. The minimum absolute atomic E-state index is 0.0330. The summed E-state index contributed by atoms with van der Waals surface area (Å²) in [6.07, 6.45) is -4.71. The molecular weight excluding hydrogens is 437 g/mol. The van der Waals surface area contributed by atoms with Crippen LogP contribution in [0.1, 0.15) is 29.8 Å². The lowest BCUT2D eigenvalue weighted by Gasteiger charge is -2.35. The van der Waals surface area contributed by atoms with Crippen LogP contribution in [0.25, 0.3) is 0 Å². The maximum absolute atomic E-state index is 13.1. The Labute approximate surface area is 190 Å². The lowest BCUT2D eigenvalue weighted by Crippen LogP contribution is -2.48. The highest BCUT2D eigenvalue weighted by atomic mass is 19.4. The number of urea groups is 1. The zero-order chi connectivity index (χ0) is 24.0. The van der Waals surface area contributed by atoms with Crippen LogP contribution in [0.3, 0.4) is 0 Å². The van der Waals surface area contributed by atoms with Gasteiger partial charge in [-0.2, -0.15) is 0 Å². The first-order valence-corrected chi connectivity index (χ1v) is 10.6. The van der Waals surface area contributed by atoms with E-state index in [0.717, 1.165) is 5.56 Å². The van der Waals surface area contributed by atoms with Crippen molar-refractivity contribution in [1.29, 1.82) is 0 Å². The molecule has 0 aromatic heterocycles. The van der Waals surface area contributed by atoms with Crippen molar-refractivity contribution in [1.82, 2.24) is 15.1 Å². The molecule has 0 radical (unpaired) electrons. The molecule has 0 unspecified atom stereocenters. The molecule has 0 saturated carbocycles. The number of halogens is 3. The van der Waals surface area contributed by atoms with Gasteiger partial charge in [-0.1, -0.05) is 24.3 Å². The number of carbonyl (C=O) groups is 2. The fraction of sp³-hybridized carbons (Fsp3) is 0.391. The summed E-state index contributed by atoms with van der Waals surface area (Å²) < 4.78 is 40.8. The molecule has 0 bridgehead atoms. The van der Waals surface area contributed by atoms with Gasteiger partial charge in [0.1, 0.15) is 5.75 Å². The van der Waals surface area contributed by atoms with E-state index in [1.54, 1.807) is 41.3 Å². The lowest BCUT2D eigenvalue weighted by atomic mass is 10.1. The van der Waals surface area contributed by atoms with Crippen molar-refractivity contribution < 1.29 is 27.5 Å². The number of amides is 3. The average Bonchev–Trinajstić information content (AvgIpc) is 2.74. The van der Waals surface area contributed by atoms with Crippen LogP contribution in [0.15, 0.2) is 48.5 Å². The summed E-state index contributed by atoms with van der Waals surface area (Å²) in [6, 6.07) is 12.3. The van der Waals surface area contributed by atoms with Crippen molar-refractivity contribution in [2.75, 3.05) is 31.5 Å². The Morgan fingerprint density at radius 1 is 1.00 bits per heavy atom. The minimum atomic E-state index is -4.71. The van der Waals surface area contributed by atoms with E-state index in [0.29, 0.717) is 44.0 Å². The minimum Gasteiger partial charge on any atom is -0.406 e. The van der Waals surface area contributed by atoms with Gasteiger partial charge in [-0.3, -0.25) is 9.69 Å². The summed E-state index contributed by atoms with van der Waals surface area (Å²) in [5, 5.41) is 5.47. The molecule has 0 spiro atoms. The topological polar surface area (TPSA) is 73.9 Å². The number of piperazine rings is 1. The maximum atomic E-state index is 13.1. The van der Waals surface area contributed by atoms with Gasteiger partial charge >= 0.3 is 12.4 Å². The van der Waals surface area contributed by atoms with E-state index in [-0.39, 0.29) is 23.7 Å². The van der Waals surface area contributed by atoms with E-state index in [1.165, 1.54) is 12.1 Å². The van der Waals surface area contributed by atoms with Gasteiger partial charge in [-0.25, -0.2) is 4.79 Å². The molecular formula is C23H27F3N4O3. The summed E-state index contributed by atoms with van der Waals surface area (Å²) in [5.74, 6) is -0.417. The summed E-state index contributed by atoms with van der Waals surface area (Å²) in [6.45, 7) is 6.50. The molecule has 7 nitrogen and oxygen atoms in total. The van der Waals surface area contributed by atoms with Gasteiger partial charge in [0.25, 0.3) is 5.91 Å². The molecule has 2 aromatic carbocycles. The van der Waals surface area contributed by atoms with Crippen LogP contribution in [0.2, 0.25) is 0 Å². The van der Waals surface area contributed by atoms with Crippen LogP contribution in [0.4, 0.5) is 23.7 Å². The van der Waals surface area contributed by atoms with Crippen LogP contribution >= 0.6 is 0 Å². The Balaban J connectivity index is 1.55. The number of hydrogen-bond donors (Lipinski definition) is 2. The largest absolute Gasteiger partial charge is 0.573 e. The van der Waals surface area contributed by atoms with Crippen molar-refractivity contribution >= 4 is 17.6 Å². The molecule has 178 valence electrons. The molecule has 3 rings (SSSR count). The number of hydrogen-bond acceptors (Lipinski definition) is 4. The second kappa shape index (κ2) is 10.6. The van der Waals surface area contributed by atoms with Crippen molar-refractivity contribution in [2.24, 2.45) is 0 Å². The number of nitrogens with one attached hydrogen (secondary N) is 2. The highest BCUT2D eigenvalue weighted by molar-refractivity contribution is 6.03. The number of ether oxygens (including phenoxy) is 1. The van der Waals surface area contributed by atoms with Crippen molar-refractivity contribution in [3.05, 3.63) is 59.7 Å². The maximum Gasteiger partial charge on any atom is 0.573 e. The molecule has 1 aliphatic rings. The first kappa shape index (κ1) is 24.4. The van der Waals surface area contributed by atoms with Gasteiger partial charge in [0.2, 0.25) is 0 Å². The molecule has 0 atom stereocenters. The first-order chi connectivity index (χ1) is 15.6. The number of rotatable bonds is 6. The number of para-hydroxylation sites is 1. The fourth-order valence-corrected chi connectivity index (χ4v) is 3.53. The second-order valence-electron chi connectivity index (χ2n) is 8.06. The van der Waals surface area contributed by atoms with Gasteiger partial charge in [0, 0.05) is 38.8 Å². The third-order valence-corrected chi connectivity index (χ3v) is 5.05. The molecule has 33 heavy (non-hydrogen) atoms. The van der Waals surface area contributed by atoms with Gasteiger partial charge in [0.05, 0.1) is 11.3 Å². The SMILES string of the molecule is CC(C)NC(=O)Nc1ccccc1C(=O)N1CCN(Cc2ccc(OC(F)(F)F)cc2)CC1. The molecule has 2 N–H and O–H groups in total. The smallest absolute Gasteiger partial charge is 0.406 e. The van der Waals surface area contributed by atoms with Gasteiger partial charge in [0.15, 0.2) is 0 Å². The van der Waals surface area contributed by atoms with Crippen molar-refractivity contribution in [3.8, 4) is 5.75 Å². The summed E-state index contributed by atoms with van der Waals surface area (Å²) in [5.41, 5.74) is 1.73. The molecule has 3 amide bonds. The predicted molar refractivity (Wildman–Crippen MR) is 118 cm³/mol. The van der Waals surface area contributed by atoms with Gasteiger partial charge in [-0.05, 0) is 43.7 Å². The Hall–Kier alpha value is -3.27. The molecule has 1 heterocycles. The number of benzene rings is 2. The Kier molecular flexibility index (Phi) is 7.80. The van der Waals surface area contributed by atoms with Crippen LogP contribution < -0.4 is 15.4 Å². The lowest BCUT2D eigenvalue weighted by molar-refractivity contribution is -0.274. The standard InChI is InChI=1S/C23H27F3N4O3/c1-16(2)27-22(32)28-20-6-4-3-5-19(20)21(31)30-13-11-29(12-14-30)15-17-7-9-18(10-8-17)33-23(24,25)26/h3-10,16H,11-15H2,1-2H3,(H2,27,28,32). The fourth-order valence-electron chi connectivity index (χ4n) is 3.53. The third-order valence-electron chi connectivity index (χ3n) is 5.05. The molecule has 10 heteroatoms. The third kappa shape index (κ3) is 7.38.